The lowest BCUT2D eigenvalue weighted by atomic mass is 9.99. The van der Waals surface area contributed by atoms with Crippen LogP contribution in [0.4, 0.5) is 10.3 Å². The second-order valence-corrected chi connectivity index (χ2v) is 5.08. The van der Waals surface area contributed by atoms with Gasteiger partial charge in [-0.3, -0.25) is 14.3 Å². The zero-order valence-electron chi connectivity index (χ0n) is 11.0. The Hall–Kier alpha value is -2.04. The molecule has 9 nitrogen and oxygen atoms in total. The maximum absolute atomic E-state index is 14.7. The summed E-state index contributed by atoms with van der Waals surface area (Å²) in [5.74, 6) is -0.146. The molecule has 1 fully saturated rings. The summed E-state index contributed by atoms with van der Waals surface area (Å²) in [6, 6.07) is 0. The Balaban J connectivity index is 2.15. The molecule has 10 heteroatoms. The maximum atomic E-state index is 14.7. The van der Waals surface area contributed by atoms with Crippen molar-refractivity contribution in [3.8, 4) is 0 Å². The van der Waals surface area contributed by atoms with E-state index in [4.69, 9.17) is 15.6 Å². The van der Waals surface area contributed by atoms with Crippen molar-refractivity contribution in [2.24, 2.45) is 0 Å². The minimum atomic E-state index is -2.19. The number of fused-ring (bicyclic) bond motifs is 1. The van der Waals surface area contributed by atoms with Crippen LogP contribution in [0.3, 0.4) is 0 Å². The summed E-state index contributed by atoms with van der Waals surface area (Å²) in [7, 11) is 0. The van der Waals surface area contributed by atoms with E-state index in [2.05, 4.69) is 15.0 Å². The smallest absolute Gasteiger partial charge is 0.280 e. The lowest BCUT2D eigenvalue weighted by molar-refractivity contribution is -0.0566. The quantitative estimate of drug-likeness (QED) is 0.539. The Morgan fingerprint density at radius 1 is 1.67 bits per heavy atom. The third-order valence-electron chi connectivity index (χ3n) is 3.60. The van der Waals surface area contributed by atoms with Gasteiger partial charge in [0, 0.05) is 0 Å². The molecule has 114 valence electrons. The van der Waals surface area contributed by atoms with Gasteiger partial charge in [-0.25, -0.2) is 9.37 Å². The first kappa shape index (κ1) is 13.9. The molecule has 21 heavy (non-hydrogen) atoms. The average molecular weight is 299 g/mol. The third kappa shape index (κ3) is 1.91. The van der Waals surface area contributed by atoms with Crippen LogP contribution in [0, 0.1) is 0 Å². The van der Waals surface area contributed by atoms with E-state index in [0.29, 0.717) is 0 Å². The molecule has 1 unspecified atom stereocenters. The molecule has 0 amide bonds. The molecule has 0 aliphatic carbocycles. The number of alkyl halides is 1. The van der Waals surface area contributed by atoms with Crippen LogP contribution < -0.4 is 11.3 Å². The van der Waals surface area contributed by atoms with Crippen LogP contribution in [0.25, 0.3) is 11.2 Å². The van der Waals surface area contributed by atoms with E-state index in [1.54, 1.807) is 0 Å². The number of nitrogens with two attached hydrogens (primary N) is 1. The molecule has 0 spiro atoms. The summed E-state index contributed by atoms with van der Waals surface area (Å²) < 4.78 is 21.2. The molecule has 0 aromatic carbocycles. The number of hydrogen-bond donors (Lipinski definition) is 4. The number of anilines is 1. The summed E-state index contributed by atoms with van der Waals surface area (Å²) in [5, 5.41) is 19.0. The van der Waals surface area contributed by atoms with Crippen molar-refractivity contribution in [1.82, 2.24) is 19.5 Å². The van der Waals surface area contributed by atoms with Crippen LogP contribution in [0.5, 0.6) is 0 Å². The molecular formula is C11H14FN5O4. The van der Waals surface area contributed by atoms with Crippen molar-refractivity contribution in [2.75, 3.05) is 12.3 Å². The highest BCUT2D eigenvalue weighted by atomic mass is 19.1. The summed E-state index contributed by atoms with van der Waals surface area (Å²) in [6.07, 6.45) is -2.71. The van der Waals surface area contributed by atoms with Gasteiger partial charge in [-0.1, -0.05) is 0 Å². The first-order valence-corrected chi connectivity index (χ1v) is 6.22. The zero-order chi connectivity index (χ0) is 15.4. The van der Waals surface area contributed by atoms with E-state index in [1.165, 1.54) is 10.9 Å². The van der Waals surface area contributed by atoms with Crippen LogP contribution in [0.1, 0.15) is 13.2 Å². The zero-order valence-corrected chi connectivity index (χ0v) is 11.0. The van der Waals surface area contributed by atoms with E-state index < -0.39 is 36.3 Å². The summed E-state index contributed by atoms with van der Waals surface area (Å²) in [6.45, 7) is 0.598. The minimum Gasteiger partial charge on any atom is -0.394 e. The first-order valence-electron chi connectivity index (χ1n) is 6.22. The van der Waals surface area contributed by atoms with Crippen LogP contribution in [0.2, 0.25) is 0 Å². The largest absolute Gasteiger partial charge is 0.394 e. The van der Waals surface area contributed by atoms with E-state index in [0.717, 1.165) is 6.92 Å². The Kier molecular flexibility index (Phi) is 2.97. The van der Waals surface area contributed by atoms with Gasteiger partial charge in [0.15, 0.2) is 23.1 Å². The fourth-order valence-corrected chi connectivity index (χ4v) is 2.48. The molecule has 0 radical (unpaired) electrons. The second kappa shape index (κ2) is 4.48. The van der Waals surface area contributed by atoms with Gasteiger partial charge < -0.3 is 20.7 Å². The number of nitrogens with one attached hydrogen (secondary N) is 1. The lowest BCUT2D eigenvalue weighted by Crippen LogP contribution is -2.40. The second-order valence-electron chi connectivity index (χ2n) is 5.08. The fraction of sp³-hybridized carbons (Fsp3) is 0.545. The van der Waals surface area contributed by atoms with Gasteiger partial charge in [0.05, 0.1) is 12.9 Å². The number of aromatic amines is 1. The van der Waals surface area contributed by atoms with Gasteiger partial charge in [-0.05, 0) is 6.92 Å². The number of H-pyrrole nitrogens is 1. The molecule has 1 aliphatic heterocycles. The predicted octanol–water partition coefficient (Wildman–Crippen LogP) is -1.32. The van der Waals surface area contributed by atoms with Crippen LogP contribution in [0.15, 0.2) is 11.1 Å². The highest BCUT2D eigenvalue weighted by Gasteiger charge is 2.55. The van der Waals surface area contributed by atoms with Crippen molar-refractivity contribution >= 4 is 17.1 Å². The van der Waals surface area contributed by atoms with Gasteiger partial charge in [-0.15, -0.1) is 0 Å². The van der Waals surface area contributed by atoms with Crippen LogP contribution >= 0.6 is 0 Å². The number of halogens is 1. The van der Waals surface area contributed by atoms with Crippen molar-refractivity contribution in [2.45, 2.75) is 31.0 Å². The summed E-state index contributed by atoms with van der Waals surface area (Å²) >= 11 is 0. The SMILES string of the molecule is C[C@@]1(F)C(O)[C@@H](CO)O[C@H]1n1cnc2c(=O)[nH]c(N)nc21. The van der Waals surface area contributed by atoms with Crippen molar-refractivity contribution < 1.29 is 19.3 Å². The van der Waals surface area contributed by atoms with Crippen molar-refractivity contribution in [3.63, 3.8) is 0 Å². The number of nitrogens with zero attached hydrogens (tertiary/aromatic N) is 3. The third-order valence-corrected chi connectivity index (χ3v) is 3.60. The van der Waals surface area contributed by atoms with Gasteiger partial charge in [0.2, 0.25) is 5.95 Å². The number of ether oxygens (including phenoxy) is 1. The number of aliphatic hydroxyl groups excluding tert-OH is 2. The van der Waals surface area contributed by atoms with Gasteiger partial charge >= 0.3 is 0 Å². The number of rotatable bonds is 2. The van der Waals surface area contributed by atoms with Gasteiger partial charge in [0.25, 0.3) is 5.56 Å². The summed E-state index contributed by atoms with van der Waals surface area (Å²) in [5.41, 5.74) is 2.73. The van der Waals surface area contributed by atoms with Crippen molar-refractivity contribution in [3.05, 3.63) is 16.7 Å². The molecule has 0 bridgehead atoms. The number of imidazole rings is 1. The number of hydrogen-bond acceptors (Lipinski definition) is 7. The predicted molar refractivity (Wildman–Crippen MR) is 69.1 cm³/mol. The first-order chi connectivity index (χ1) is 9.86. The molecule has 1 saturated heterocycles. The minimum absolute atomic E-state index is 0.0226. The van der Waals surface area contributed by atoms with Crippen molar-refractivity contribution in [1.29, 1.82) is 0 Å². The highest BCUT2D eigenvalue weighted by Crippen LogP contribution is 2.41. The molecule has 0 saturated carbocycles. The molecule has 3 rings (SSSR count). The standard InChI is InChI=1S/C11H14FN5O4/c1-11(12)6(19)4(2-18)21-9(11)17-3-14-5-7(17)15-10(13)16-8(5)20/h3-4,6,9,18-19H,2H2,1H3,(H3,13,15,16,20)/t4-,6?,9-,11-/m1/s1. The van der Waals surface area contributed by atoms with Crippen LogP contribution in [-0.4, -0.2) is 54.2 Å². The Morgan fingerprint density at radius 3 is 3.00 bits per heavy atom. The molecule has 3 heterocycles. The molecule has 4 atom stereocenters. The van der Waals surface area contributed by atoms with Crippen LogP contribution in [-0.2, 0) is 4.74 Å². The normalized spacial score (nSPS) is 32.9. The topological polar surface area (TPSA) is 139 Å². The lowest BCUT2D eigenvalue weighted by Gasteiger charge is -2.24. The van der Waals surface area contributed by atoms with E-state index >= 15 is 0 Å². The molecule has 5 N–H and O–H groups in total. The fourth-order valence-electron chi connectivity index (χ4n) is 2.48. The number of nitrogen functional groups attached to an aromatic ring is 1. The Morgan fingerprint density at radius 2 is 2.38 bits per heavy atom. The Labute approximate surface area is 117 Å². The molecular weight excluding hydrogens is 285 g/mol. The molecule has 1 aliphatic rings. The van der Waals surface area contributed by atoms with Gasteiger partial charge in [-0.2, -0.15) is 4.98 Å². The summed E-state index contributed by atoms with van der Waals surface area (Å²) in [4.78, 5) is 21.7. The molecule has 2 aromatic heterocycles. The maximum Gasteiger partial charge on any atom is 0.280 e. The number of aliphatic hydroxyl groups is 2. The van der Waals surface area contributed by atoms with E-state index in [9.17, 15) is 14.3 Å². The van der Waals surface area contributed by atoms with E-state index in [-0.39, 0.29) is 17.1 Å². The van der Waals surface area contributed by atoms with Gasteiger partial charge in [0.1, 0.15) is 12.2 Å². The monoisotopic (exact) mass is 299 g/mol. The number of aromatic nitrogens is 4. The Bertz CT molecular complexity index is 742. The molecule has 2 aromatic rings. The van der Waals surface area contributed by atoms with E-state index in [1.807, 2.05) is 0 Å². The average Bonchev–Trinajstić information content (AvgIpc) is 2.91. The highest BCUT2D eigenvalue weighted by molar-refractivity contribution is 5.70.